The summed E-state index contributed by atoms with van der Waals surface area (Å²) in [5.41, 5.74) is 0.325. The summed E-state index contributed by atoms with van der Waals surface area (Å²) >= 11 is 0. The zero-order valence-corrected chi connectivity index (χ0v) is 12.6. The Balaban J connectivity index is 1.70. The normalized spacial score (nSPS) is 15.7. The predicted molar refractivity (Wildman–Crippen MR) is 81.4 cm³/mol. The smallest absolute Gasteiger partial charge is 0.271 e. The Bertz CT molecular complexity index is 447. The minimum Gasteiger partial charge on any atom is -0.376 e. The monoisotopic (exact) mass is 292 g/mol. The number of nitrogens with one attached hydrogen (secondary N) is 2. The summed E-state index contributed by atoms with van der Waals surface area (Å²) < 4.78 is 5.77. The molecule has 116 valence electrons. The number of carbonyl (C=O) groups is 1. The van der Waals surface area contributed by atoms with Gasteiger partial charge in [0.2, 0.25) is 0 Å². The van der Waals surface area contributed by atoms with Gasteiger partial charge in [-0.25, -0.2) is 4.98 Å². The van der Waals surface area contributed by atoms with Gasteiger partial charge in [-0.3, -0.25) is 9.78 Å². The molecule has 1 aliphatic rings. The largest absolute Gasteiger partial charge is 0.376 e. The van der Waals surface area contributed by atoms with E-state index >= 15 is 0 Å². The van der Waals surface area contributed by atoms with Crippen LogP contribution < -0.4 is 10.6 Å². The van der Waals surface area contributed by atoms with E-state index < -0.39 is 0 Å². The topological polar surface area (TPSA) is 76.1 Å². The molecule has 6 nitrogen and oxygen atoms in total. The molecule has 0 aromatic carbocycles. The van der Waals surface area contributed by atoms with E-state index in [9.17, 15) is 4.79 Å². The number of aromatic nitrogens is 2. The summed E-state index contributed by atoms with van der Waals surface area (Å²) in [6.45, 7) is 3.77. The molecule has 0 saturated heterocycles. The van der Waals surface area contributed by atoms with Gasteiger partial charge < -0.3 is 15.4 Å². The Kier molecular flexibility index (Phi) is 6.40. The molecule has 0 radical (unpaired) electrons. The molecule has 0 atom stereocenters. The molecule has 1 saturated carbocycles. The highest BCUT2D eigenvalue weighted by Gasteiger charge is 2.13. The highest BCUT2D eigenvalue weighted by molar-refractivity contribution is 5.92. The molecule has 2 N–H and O–H groups in total. The maximum Gasteiger partial charge on any atom is 0.271 e. The number of amides is 1. The van der Waals surface area contributed by atoms with Crippen molar-refractivity contribution >= 4 is 11.7 Å². The average molecular weight is 292 g/mol. The van der Waals surface area contributed by atoms with Crippen molar-refractivity contribution in [3.63, 3.8) is 0 Å². The molecule has 1 aromatic rings. The van der Waals surface area contributed by atoms with Gasteiger partial charge in [0.25, 0.3) is 5.91 Å². The Morgan fingerprint density at radius 2 is 2.14 bits per heavy atom. The summed E-state index contributed by atoms with van der Waals surface area (Å²) in [6, 6.07) is 0. The highest BCUT2D eigenvalue weighted by Crippen LogP contribution is 2.19. The summed E-state index contributed by atoms with van der Waals surface area (Å²) in [6.07, 6.45) is 9.55. The second-order valence-corrected chi connectivity index (χ2v) is 5.21. The van der Waals surface area contributed by atoms with Crippen molar-refractivity contribution in [3.8, 4) is 0 Å². The molecule has 1 fully saturated rings. The van der Waals surface area contributed by atoms with E-state index in [1.807, 2.05) is 6.92 Å². The Morgan fingerprint density at radius 1 is 1.33 bits per heavy atom. The molecule has 1 heterocycles. The lowest BCUT2D eigenvalue weighted by molar-refractivity contribution is 0.0299. The zero-order valence-electron chi connectivity index (χ0n) is 12.6. The second-order valence-electron chi connectivity index (χ2n) is 5.21. The molecule has 1 amide bonds. The molecule has 0 unspecified atom stereocenters. The first kappa shape index (κ1) is 15.7. The highest BCUT2D eigenvalue weighted by atomic mass is 16.5. The minimum absolute atomic E-state index is 0.213. The van der Waals surface area contributed by atoms with Gasteiger partial charge in [-0.1, -0.05) is 19.3 Å². The van der Waals surface area contributed by atoms with Crippen molar-refractivity contribution in [1.29, 1.82) is 0 Å². The van der Waals surface area contributed by atoms with Crippen LogP contribution in [0.5, 0.6) is 0 Å². The third-order valence-electron chi connectivity index (χ3n) is 3.52. The number of carbonyl (C=O) groups excluding carboxylic acids is 1. The van der Waals surface area contributed by atoms with Crippen molar-refractivity contribution < 1.29 is 9.53 Å². The van der Waals surface area contributed by atoms with Gasteiger partial charge >= 0.3 is 0 Å². The number of nitrogens with zero attached hydrogens (tertiary/aromatic N) is 2. The fourth-order valence-electron chi connectivity index (χ4n) is 2.45. The first-order valence-corrected chi connectivity index (χ1v) is 7.75. The summed E-state index contributed by atoms with van der Waals surface area (Å²) in [4.78, 5) is 20.2. The maximum atomic E-state index is 12.0. The third-order valence-corrected chi connectivity index (χ3v) is 3.52. The SMILES string of the molecule is CCNc1cncc(C(=O)NCCOC2CCCCC2)n1. The molecule has 2 rings (SSSR count). The summed E-state index contributed by atoms with van der Waals surface area (Å²) in [7, 11) is 0. The van der Waals surface area contributed by atoms with E-state index in [-0.39, 0.29) is 5.91 Å². The molecule has 0 spiro atoms. The van der Waals surface area contributed by atoms with Gasteiger partial charge in [0.05, 0.1) is 25.1 Å². The van der Waals surface area contributed by atoms with Crippen LogP contribution >= 0.6 is 0 Å². The zero-order chi connectivity index (χ0) is 14.9. The first-order chi connectivity index (χ1) is 10.3. The molecule has 0 aliphatic heterocycles. The molecular weight excluding hydrogens is 268 g/mol. The maximum absolute atomic E-state index is 12.0. The van der Waals surface area contributed by atoms with Crippen LogP contribution in [0.3, 0.4) is 0 Å². The number of ether oxygens (including phenoxy) is 1. The molecule has 6 heteroatoms. The minimum atomic E-state index is -0.213. The van der Waals surface area contributed by atoms with Crippen LogP contribution in [-0.4, -0.2) is 41.7 Å². The van der Waals surface area contributed by atoms with Crippen LogP contribution in [-0.2, 0) is 4.74 Å². The fourth-order valence-corrected chi connectivity index (χ4v) is 2.45. The number of hydrogen-bond acceptors (Lipinski definition) is 5. The van der Waals surface area contributed by atoms with Crippen molar-refractivity contribution in [2.45, 2.75) is 45.1 Å². The third kappa shape index (κ3) is 5.30. The summed E-state index contributed by atoms with van der Waals surface area (Å²) in [5, 5.41) is 5.85. The lowest BCUT2D eigenvalue weighted by Crippen LogP contribution is -2.30. The van der Waals surface area contributed by atoms with Gasteiger partial charge in [0.1, 0.15) is 11.5 Å². The molecule has 1 aliphatic carbocycles. The lowest BCUT2D eigenvalue weighted by atomic mass is 9.98. The van der Waals surface area contributed by atoms with Gasteiger partial charge in [-0.15, -0.1) is 0 Å². The number of hydrogen-bond donors (Lipinski definition) is 2. The van der Waals surface area contributed by atoms with Crippen LogP contribution in [0.25, 0.3) is 0 Å². The van der Waals surface area contributed by atoms with Gasteiger partial charge in [0, 0.05) is 13.1 Å². The van der Waals surface area contributed by atoms with E-state index in [0.717, 1.165) is 19.4 Å². The van der Waals surface area contributed by atoms with E-state index in [1.165, 1.54) is 25.5 Å². The van der Waals surface area contributed by atoms with Gasteiger partial charge in [-0.05, 0) is 19.8 Å². The molecule has 0 bridgehead atoms. The molecule has 1 aromatic heterocycles. The molecule has 21 heavy (non-hydrogen) atoms. The number of rotatable bonds is 7. The van der Waals surface area contributed by atoms with Crippen LogP contribution in [0.2, 0.25) is 0 Å². The van der Waals surface area contributed by atoms with E-state index in [2.05, 4.69) is 20.6 Å². The van der Waals surface area contributed by atoms with Crippen molar-refractivity contribution in [3.05, 3.63) is 18.1 Å². The standard InChI is InChI=1S/C15H24N4O2/c1-2-17-14-11-16-10-13(19-14)15(20)18-8-9-21-12-6-4-3-5-7-12/h10-12H,2-9H2,1H3,(H,17,19)(H,18,20). The van der Waals surface area contributed by atoms with Crippen LogP contribution in [0.4, 0.5) is 5.82 Å². The van der Waals surface area contributed by atoms with Crippen molar-refractivity contribution in [2.24, 2.45) is 0 Å². The van der Waals surface area contributed by atoms with E-state index in [4.69, 9.17) is 4.74 Å². The molecular formula is C15H24N4O2. The Morgan fingerprint density at radius 3 is 2.90 bits per heavy atom. The second kappa shape index (κ2) is 8.56. The average Bonchev–Trinajstić information content (AvgIpc) is 2.53. The quantitative estimate of drug-likeness (QED) is 0.752. The van der Waals surface area contributed by atoms with Gasteiger partial charge in [-0.2, -0.15) is 0 Å². The summed E-state index contributed by atoms with van der Waals surface area (Å²) in [5.74, 6) is 0.401. The van der Waals surface area contributed by atoms with Crippen LogP contribution in [0.1, 0.15) is 49.5 Å². The van der Waals surface area contributed by atoms with Crippen LogP contribution in [0.15, 0.2) is 12.4 Å². The van der Waals surface area contributed by atoms with Gasteiger partial charge in [0.15, 0.2) is 0 Å². The van der Waals surface area contributed by atoms with Crippen molar-refractivity contribution in [2.75, 3.05) is 25.0 Å². The number of anilines is 1. The lowest BCUT2D eigenvalue weighted by Gasteiger charge is -2.21. The van der Waals surface area contributed by atoms with Crippen molar-refractivity contribution in [1.82, 2.24) is 15.3 Å². The predicted octanol–water partition coefficient (Wildman–Crippen LogP) is 1.99. The van der Waals surface area contributed by atoms with Crippen LogP contribution in [0, 0.1) is 0 Å². The first-order valence-electron chi connectivity index (χ1n) is 7.75. The van der Waals surface area contributed by atoms with E-state index in [1.54, 1.807) is 6.20 Å². The van der Waals surface area contributed by atoms with E-state index in [0.29, 0.717) is 30.8 Å². The fraction of sp³-hybridized carbons (Fsp3) is 0.667. The Labute approximate surface area is 125 Å². The Hall–Kier alpha value is -1.69.